The van der Waals surface area contributed by atoms with Gasteiger partial charge in [-0.2, -0.15) is 5.26 Å². The van der Waals surface area contributed by atoms with Gasteiger partial charge in [-0.3, -0.25) is 14.6 Å². The lowest BCUT2D eigenvalue weighted by atomic mass is 10.2. The zero-order valence-corrected chi connectivity index (χ0v) is 14.7. The van der Waals surface area contributed by atoms with Crippen LogP contribution in [-0.2, 0) is 18.4 Å². The van der Waals surface area contributed by atoms with Gasteiger partial charge in [0.1, 0.15) is 11.8 Å². The number of hydrogen-bond acceptors (Lipinski definition) is 4. The predicted octanol–water partition coefficient (Wildman–Crippen LogP) is 0.801. The summed E-state index contributed by atoms with van der Waals surface area (Å²) in [6.07, 6.45) is 1.07. The Morgan fingerprint density at radius 2 is 1.91 bits per heavy atom. The van der Waals surface area contributed by atoms with E-state index in [4.69, 9.17) is 5.26 Å². The topological polar surface area (TPSA) is 55.5 Å². The third kappa shape index (κ3) is 4.34. The quantitative estimate of drug-likeness (QED) is 0.824. The van der Waals surface area contributed by atoms with Crippen molar-refractivity contribution in [2.75, 3.05) is 46.8 Å². The molecule has 0 unspecified atom stereocenters. The van der Waals surface area contributed by atoms with Crippen LogP contribution >= 0.6 is 0 Å². The third-order valence-electron chi connectivity index (χ3n) is 4.69. The summed E-state index contributed by atoms with van der Waals surface area (Å²) in [5, 5.41) is 9.14. The first-order chi connectivity index (χ1) is 10.9. The Labute approximate surface area is 138 Å². The second-order valence-electron chi connectivity index (χ2n) is 6.51. The van der Waals surface area contributed by atoms with Crippen molar-refractivity contribution in [2.24, 2.45) is 7.05 Å². The Hall–Kier alpha value is -1.84. The number of aromatic nitrogens is 1. The lowest BCUT2D eigenvalue weighted by Crippen LogP contribution is -2.38. The maximum Gasteiger partial charge on any atom is 0.236 e. The van der Waals surface area contributed by atoms with Crippen molar-refractivity contribution in [3.05, 3.63) is 23.0 Å². The average Bonchev–Trinajstić information content (AvgIpc) is 2.68. The van der Waals surface area contributed by atoms with Gasteiger partial charge in [0.15, 0.2) is 0 Å². The lowest BCUT2D eigenvalue weighted by Gasteiger charge is -2.22. The van der Waals surface area contributed by atoms with Crippen molar-refractivity contribution in [1.82, 2.24) is 19.3 Å². The van der Waals surface area contributed by atoms with Gasteiger partial charge in [0.25, 0.3) is 0 Å². The molecule has 1 aliphatic heterocycles. The van der Waals surface area contributed by atoms with Crippen LogP contribution in [0.2, 0.25) is 0 Å². The van der Waals surface area contributed by atoms with Crippen LogP contribution in [0.15, 0.2) is 6.07 Å². The molecule has 1 aromatic rings. The molecule has 6 heteroatoms. The number of nitrogens with zero attached hydrogens (tertiary/aromatic N) is 5. The Morgan fingerprint density at radius 3 is 2.52 bits per heavy atom. The smallest absolute Gasteiger partial charge is 0.236 e. The molecule has 0 bridgehead atoms. The summed E-state index contributed by atoms with van der Waals surface area (Å²) < 4.78 is 1.95. The second-order valence-corrected chi connectivity index (χ2v) is 6.51. The summed E-state index contributed by atoms with van der Waals surface area (Å²) in [6, 6.07) is 4.23. The average molecular weight is 317 g/mol. The number of carbonyl (C=O) groups excluding carboxylic acids is 1. The summed E-state index contributed by atoms with van der Waals surface area (Å²) in [4.78, 5) is 18.2. The summed E-state index contributed by atoms with van der Waals surface area (Å²) >= 11 is 0. The molecule has 126 valence electrons. The number of likely N-dealkylation sites (N-methyl/N-ethyl adjacent to an activating group) is 1. The number of amides is 1. The molecule has 23 heavy (non-hydrogen) atoms. The predicted molar refractivity (Wildman–Crippen MR) is 89.9 cm³/mol. The van der Waals surface area contributed by atoms with E-state index < -0.39 is 0 Å². The molecule has 0 radical (unpaired) electrons. The van der Waals surface area contributed by atoms with E-state index in [9.17, 15) is 4.79 Å². The first-order valence-electron chi connectivity index (χ1n) is 8.12. The van der Waals surface area contributed by atoms with E-state index in [-0.39, 0.29) is 5.91 Å². The van der Waals surface area contributed by atoms with Gasteiger partial charge in [-0.05, 0) is 38.1 Å². The van der Waals surface area contributed by atoms with Crippen LogP contribution in [0.4, 0.5) is 0 Å². The number of rotatable bonds is 4. The lowest BCUT2D eigenvalue weighted by molar-refractivity contribution is -0.129. The highest BCUT2D eigenvalue weighted by atomic mass is 16.2. The van der Waals surface area contributed by atoms with Crippen molar-refractivity contribution in [1.29, 1.82) is 5.26 Å². The van der Waals surface area contributed by atoms with Crippen molar-refractivity contribution in [3.63, 3.8) is 0 Å². The molecular formula is C17H27N5O. The van der Waals surface area contributed by atoms with Gasteiger partial charge >= 0.3 is 0 Å². The fourth-order valence-corrected chi connectivity index (χ4v) is 2.94. The van der Waals surface area contributed by atoms with E-state index in [2.05, 4.69) is 22.8 Å². The molecule has 0 spiro atoms. The monoisotopic (exact) mass is 317 g/mol. The Morgan fingerprint density at radius 1 is 1.26 bits per heavy atom. The van der Waals surface area contributed by atoms with Crippen LogP contribution in [-0.4, -0.2) is 72.0 Å². The van der Waals surface area contributed by atoms with Gasteiger partial charge in [-0.1, -0.05) is 0 Å². The Balaban J connectivity index is 1.94. The molecule has 0 aromatic carbocycles. The molecule has 1 aliphatic rings. The molecule has 0 N–H and O–H groups in total. The summed E-state index contributed by atoms with van der Waals surface area (Å²) in [5.41, 5.74) is 3.10. The fraction of sp³-hybridized carbons (Fsp3) is 0.647. The van der Waals surface area contributed by atoms with Gasteiger partial charge < -0.3 is 9.47 Å². The van der Waals surface area contributed by atoms with Crippen molar-refractivity contribution < 1.29 is 4.79 Å². The van der Waals surface area contributed by atoms with Crippen LogP contribution in [0.5, 0.6) is 0 Å². The number of hydrogen-bond donors (Lipinski definition) is 0. The zero-order chi connectivity index (χ0) is 17.0. The third-order valence-corrected chi connectivity index (χ3v) is 4.69. The van der Waals surface area contributed by atoms with E-state index in [1.807, 2.05) is 17.7 Å². The molecule has 1 aromatic heterocycles. The second kappa shape index (κ2) is 7.62. The van der Waals surface area contributed by atoms with E-state index in [0.29, 0.717) is 12.2 Å². The van der Waals surface area contributed by atoms with Crippen LogP contribution in [0.25, 0.3) is 0 Å². The molecule has 0 atom stereocenters. The van der Waals surface area contributed by atoms with Crippen molar-refractivity contribution in [3.8, 4) is 6.07 Å². The van der Waals surface area contributed by atoms with Gasteiger partial charge in [-0.15, -0.1) is 0 Å². The van der Waals surface area contributed by atoms with E-state index in [0.717, 1.165) is 44.8 Å². The minimum atomic E-state index is 0.163. The number of carbonyl (C=O) groups is 1. The standard InChI is InChI=1S/C17H27N5O/c1-14-15(10-16(11-18)20(14)4)12-21-6-5-7-22(9-8-21)13-17(23)19(2)3/h10H,5-9,12-13H2,1-4H3. The largest absolute Gasteiger partial charge is 0.348 e. The highest BCUT2D eigenvalue weighted by Crippen LogP contribution is 2.17. The molecule has 1 fully saturated rings. The van der Waals surface area contributed by atoms with E-state index >= 15 is 0 Å². The molecule has 0 saturated carbocycles. The van der Waals surface area contributed by atoms with Gasteiger partial charge in [0.2, 0.25) is 5.91 Å². The molecular weight excluding hydrogens is 290 g/mol. The van der Waals surface area contributed by atoms with Crippen LogP contribution in [0, 0.1) is 18.3 Å². The minimum Gasteiger partial charge on any atom is -0.348 e. The molecule has 2 rings (SSSR count). The molecule has 6 nitrogen and oxygen atoms in total. The number of nitriles is 1. The Bertz CT molecular complexity index is 599. The molecule has 1 amide bonds. The van der Waals surface area contributed by atoms with Gasteiger partial charge in [0, 0.05) is 46.5 Å². The maximum atomic E-state index is 11.9. The Kier molecular flexibility index (Phi) is 5.80. The van der Waals surface area contributed by atoms with E-state index in [1.165, 1.54) is 5.56 Å². The van der Waals surface area contributed by atoms with Gasteiger partial charge in [-0.25, -0.2) is 0 Å². The fourth-order valence-electron chi connectivity index (χ4n) is 2.94. The first-order valence-corrected chi connectivity index (χ1v) is 8.12. The van der Waals surface area contributed by atoms with E-state index in [1.54, 1.807) is 19.0 Å². The molecule has 0 aliphatic carbocycles. The zero-order valence-electron chi connectivity index (χ0n) is 14.7. The van der Waals surface area contributed by atoms with Crippen molar-refractivity contribution in [2.45, 2.75) is 19.9 Å². The molecule has 1 saturated heterocycles. The van der Waals surface area contributed by atoms with Crippen LogP contribution < -0.4 is 0 Å². The van der Waals surface area contributed by atoms with Crippen LogP contribution in [0.1, 0.15) is 23.4 Å². The highest BCUT2D eigenvalue weighted by Gasteiger charge is 2.19. The highest BCUT2D eigenvalue weighted by molar-refractivity contribution is 5.77. The summed E-state index contributed by atoms with van der Waals surface area (Å²) in [6.45, 7) is 7.31. The summed E-state index contributed by atoms with van der Waals surface area (Å²) in [7, 11) is 5.54. The SMILES string of the molecule is Cc1c(CN2CCCN(CC(=O)N(C)C)CC2)cc(C#N)n1C. The normalized spacial score (nSPS) is 16.8. The van der Waals surface area contributed by atoms with Crippen LogP contribution in [0.3, 0.4) is 0 Å². The van der Waals surface area contributed by atoms with Gasteiger partial charge in [0.05, 0.1) is 6.54 Å². The minimum absolute atomic E-state index is 0.163. The van der Waals surface area contributed by atoms with Crippen molar-refractivity contribution >= 4 is 5.91 Å². The first kappa shape index (κ1) is 17.5. The maximum absolute atomic E-state index is 11.9. The molecule has 2 heterocycles. The summed E-state index contributed by atoms with van der Waals surface area (Å²) in [5.74, 6) is 0.163.